The fourth-order valence-electron chi connectivity index (χ4n) is 2.36. The van der Waals surface area contributed by atoms with Crippen LogP contribution in [0.25, 0.3) is 0 Å². The Kier molecular flexibility index (Phi) is 2.63. The van der Waals surface area contributed by atoms with Gasteiger partial charge in [-0.05, 0) is 37.1 Å². The fourth-order valence-corrected chi connectivity index (χ4v) is 2.36. The summed E-state index contributed by atoms with van der Waals surface area (Å²) in [6.07, 6.45) is 0.809. The van der Waals surface area contributed by atoms with E-state index in [2.05, 4.69) is 6.07 Å². The van der Waals surface area contributed by atoms with E-state index in [9.17, 15) is 0 Å². The molecule has 3 heteroatoms. The first-order valence-electron chi connectivity index (χ1n) is 6.22. The van der Waals surface area contributed by atoms with Gasteiger partial charge < -0.3 is 14.9 Å². The Bertz CT molecular complexity index is 529. The molecule has 1 aliphatic heterocycles. The molecule has 0 saturated carbocycles. The highest BCUT2D eigenvalue weighted by Crippen LogP contribution is 2.33. The molecule has 3 nitrogen and oxygen atoms in total. The van der Waals surface area contributed by atoms with Gasteiger partial charge in [0.05, 0.1) is 0 Å². The summed E-state index contributed by atoms with van der Waals surface area (Å²) >= 11 is 0. The van der Waals surface area contributed by atoms with Gasteiger partial charge in [0.25, 0.3) is 0 Å². The average Bonchev–Trinajstić information content (AvgIpc) is 2.93. The molecule has 94 valence electrons. The summed E-state index contributed by atoms with van der Waals surface area (Å²) in [4.78, 5) is 0. The van der Waals surface area contributed by atoms with Gasteiger partial charge >= 0.3 is 0 Å². The van der Waals surface area contributed by atoms with Crippen LogP contribution in [0.1, 0.15) is 28.7 Å². The number of ether oxygens (including phenoxy) is 1. The van der Waals surface area contributed by atoms with Crippen molar-refractivity contribution >= 4 is 0 Å². The molecule has 18 heavy (non-hydrogen) atoms. The van der Waals surface area contributed by atoms with Crippen molar-refractivity contribution in [3.05, 3.63) is 53.0 Å². The number of furan rings is 1. The topological polar surface area (TPSA) is 48.4 Å². The third-order valence-corrected chi connectivity index (χ3v) is 3.59. The van der Waals surface area contributed by atoms with Crippen molar-refractivity contribution < 1.29 is 9.15 Å². The molecule has 1 aromatic carbocycles. The van der Waals surface area contributed by atoms with Gasteiger partial charge in [0, 0.05) is 6.42 Å². The van der Waals surface area contributed by atoms with Crippen molar-refractivity contribution in [2.75, 3.05) is 0 Å². The molecule has 0 amide bonds. The van der Waals surface area contributed by atoms with Crippen molar-refractivity contribution in [2.24, 2.45) is 5.73 Å². The zero-order valence-corrected chi connectivity index (χ0v) is 10.6. The summed E-state index contributed by atoms with van der Waals surface area (Å²) in [6, 6.07) is 9.86. The lowest BCUT2D eigenvalue weighted by Gasteiger charge is -2.16. The van der Waals surface area contributed by atoms with Crippen molar-refractivity contribution in [2.45, 2.75) is 32.4 Å². The van der Waals surface area contributed by atoms with Crippen LogP contribution in [0.5, 0.6) is 5.75 Å². The van der Waals surface area contributed by atoms with E-state index in [4.69, 9.17) is 14.9 Å². The monoisotopic (exact) mass is 243 g/mol. The maximum Gasteiger partial charge on any atom is 0.125 e. The zero-order chi connectivity index (χ0) is 12.7. The summed E-state index contributed by atoms with van der Waals surface area (Å²) < 4.78 is 11.6. The molecule has 0 fully saturated rings. The van der Waals surface area contributed by atoms with Crippen LogP contribution < -0.4 is 10.5 Å². The molecule has 3 rings (SSSR count). The number of para-hydroxylation sites is 1. The predicted molar refractivity (Wildman–Crippen MR) is 69.7 cm³/mol. The number of nitrogens with two attached hydrogens (primary N) is 1. The van der Waals surface area contributed by atoms with E-state index < -0.39 is 0 Å². The first-order valence-corrected chi connectivity index (χ1v) is 6.22. The minimum atomic E-state index is -0.218. The second kappa shape index (κ2) is 4.18. The van der Waals surface area contributed by atoms with Gasteiger partial charge in [0.1, 0.15) is 29.4 Å². The SMILES string of the molecule is Cc1cc(C(N)C2Cc3ccccc3O2)oc1C. The van der Waals surface area contributed by atoms with Crippen molar-refractivity contribution in [3.63, 3.8) is 0 Å². The van der Waals surface area contributed by atoms with Gasteiger partial charge in [-0.2, -0.15) is 0 Å². The summed E-state index contributed by atoms with van der Waals surface area (Å²) in [5.74, 6) is 2.68. The second-order valence-electron chi connectivity index (χ2n) is 4.88. The summed E-state index contributed by atoms with van der Waals surface area (Å²) in [6.45, 7) is 3.98. The van der Waals surface area contributed by atoms with Crippen molar-refractivity contribution in [1.29, 1.82) is 0 Å². The Labute approximate surface area is 107 Å². The van der Waals surface area contributed by atoms with Crippen LogP contribution in [-0.2, 0) is 6.42 Å². The highest BCUT2D eigenvalue weighted by Gasteiger charge is 2.30. The first-order chi connectivity index (χ1) is 8.65. The molecule has 2 atom stereocenters. The lowest BCUT2D eigenvalue weighted by Crippen LogP contribution is -2.29. The smallest absolute Gasteiger partial charge is 0.125 e. The van der Waals surface area contributed by atoms with Crippen LogP contribution in [0, 0.1) is 13.8 Å². The minimum absolute atomic E-state index is 0.0349. The highest BCUT2D eigenvalue weighted by atomic mass is 16.5. The van der Waals surface area contributed by atoms with Gasteiger partial charge in [-0.25, -0.2) is 0 Å². The van der Waals surface area contributed by atoms with Crippen LogP contribution in [-0.4, -0.2) is 6.10 Å². The predicted octanol–water partition coefficient (Wildman–Crippen LogP) is 2.90. The third-order valence-electron chi connectivity index (χ3n) is 3.59. The van der Waals surface area contributed by atoms with Gasteiger partial charge in [-0.15, -0.1) is 0 Å². The number of rotatable bonds is 2. The molecular weight excluding hydrogens is 226 g/mol. The number of benzene rings is 1. The quantitative estimate of drug-likeness (QED) is 0.882. The molecule has 1 aliphatic rings. The molecule has 2 N–H and O–H groups in total. The molecule has 0 spiro atoms. The molecule has 0 aliphatic carbocycles. The summed E-state index contributed by atoms with van der Waals surface area (Å²) in [5, 5.41) is 0. The van der Waals surface area contributed by atoms with Gasteiger partial charge in [0.15, 0.2) is 0 Å². The Balaban J connectivity index is 1.82. The van der Waals surface area contributed by atoms with Crippen LogP contribution in [0.3, 0.4) is 0 Å². The number of aryl methyl sites for hydroxylation is 2. The van der Waals surface area contributed by atoms with Gasteiger partial charge in [0.2, 0.25) is 0 Å². The standard InChI is InChI=1S/C15H17NO2/c1-9-7-13(17-10(9)2)15(16)14-8-11-5-3-4-6-12(11)18-14/h3-7,14-15H,8,16H2,1-2H3. The number of hydrogen-bond acceptors (Lipinski definition) is 3. The lowest BCUT2D eigenvalue weighted by atomic mass is 10.0. The molecule has 2 aromatic rings. The molecule has 1 aromatic heterocycles. The second-order valence-corrected chi connectivity index (χ2v) is 4.88. The largest absolute Gasteiger partial charge is 0.488 e. The molecular formula is C15H17NO2. The van der Waals surface area contributed by atoms with E-state index >= 15 is 0 Å². The Morgan fingerprint density at radius 1 is 1.28 bits per heavy atom. The molecule has 2 unspecified atom stereocenters. The zero-order valence-electron chi connectivity index (χ0n) is 10.6. The molecule has 0 bridgehead atoms. The third kappa shape index (κ3) is 1.81. The van der Waals surface area contributed by atoms with Crippen molar-refractivity contribution in [3.8, 4) is 5.75 Å². The van der Waals surface area contributed by atoms with E-state index in [1.807, 2.05) is 38.1 Å². The van der Waals surface area contributed by atoms with E-state index in [1.165, 1.54) is 5.56 Å². The van der Waals surface area contributed by atoms with E-state index in [0.29, 0.717) is 0 Å². The average molecular weight is 243 g/mol. The first kappa shape index (κ1) is 11.4. The normalized spacial score (nSPS) is 19.4. The van der Waals surface area contributed by atoms with Crippen molar-refractivity contribution in [1.82, 2.24) is 0 Å². The van der Waals surface area contributed by atoms with Crippen LogP contribution in [0.15, 0.2) is 34.7 Å². The fraction of sp³-hybridized carbons (Fsp3) is 0.333. The van der Waals surface area contributed by atoms with E-state index in [1.54, 1.807) is 0 Å². The lowest BCUT2D eigenvalue weighted by molar-refractivity contribution is 0.186. The van der Waals surface area contributed by atoms with E-state index in [0.717, 1.165) is 29.3 Å². The Morgan fingerprint density at radius 3 is 2.72 bits per heavy atom. The summed E-state index contributed by atoms with van der Waals surface area (Å²) in [5.41, 5.74) is 8.60. The summed E-state index contributed by atoms with van der Waals surface area (Å²) in [7, 11) is 0. The van der Waals surface area contributed by atoms with Crippen LogP contribution in [0.2, 0.25) is 0 Å². The maximum atomic E-state index is 6.24. The van der Waals surface area contributed by atoms with Crippen LogP contribution in [0.4, 0.5) is 0 Å². The molecule has 0 saturated heterocycles. The number of fused-ring (bicyclic) bond motifs is 1. The minimum Gasteiger partial charge on any atom is -0.488 e. The van der Waals surface area contributed by atoms with Gasteiger partial charge in [-0.3, -0.25) is 0 Å². The molecule has 0 radical (unpaired) electrons. The maximum absolute atomic E-state index is 6.24. The Hall–Kier alpha value is -1.74. The van der Waals surface area contributed by atoms with Crippen LogP contribution >= 0.6 is 0 Å². The van der Waals surface area contributed by atoms with E-state index in [-0.39, 0.29) is 12.1 Å². The Morgan fingerprint density at radius 2 is 2.06 bits per heavy atom. The highest BCUT2D eigenvalue weighted by molar-refractivity contribution is 5.38. The number of hydrogen-bond donors (Lipinski definition) is 1. The van der Waals surface area contributed by atoms with Gasteiger partial charge in [-0.1, -0.05) is 18.2 Å². The molecule has 2 heterocycles.